The van der Waals surface area contributed by atoms with Gasteiger partial charge in [-0.2, -0.15) is 0 Å². The van der Waals surface area contributed by atoms with Crippen LogP contribution in [0.25, 0.3) is 0 Å². The largest absolute Gasteiger partial charge is 0.384 e. The minimum absolute atomic E-state index is 0. The van der Waals surface area contributed by atoms with Crippen LogP contribution in [0.15, 0.2) is 58.4 Å². The first-order chi connectivity index (χ1) is 14.9. The van der Waals surface area contributed by atoms with Crippen molar-refractivity contribution in [2.45, 2.75) is 24.4 Å². The van der Waals surface area contributed by atoms with Gasteiger partial charge in [0.25, 0.3) is 0 Å². The summed E-state index contributed by atoms with van der Waals surface area (Å²) in [6.07, 6.45) is 1.05. The summed E-state index contributed by atoms with van der Waals surface area (Å²) in [6, 6.07) is 12.6. The van der Waals surface area contributed by atoms with Crippen molar-refractivity contribution in [3.8, 4) is 0 Å². The second kappa shape index (κ2) is 12.5. The number of likely N-dealkylation sites (tertiary alicyclic amines) is 1. The molecule has 1 aliphatic rings. The van der Waals surface area contributed by atoms with Crippen LogP contribution in [0.5, 0.6) is 0 Å². The van der Waals surface area contributed by atoms with Crippen LogP contribution in [-0.2, 0) is 27.8 Å². The molecule has 0 bridgehead atoms. The second-order valence-electron chi connectivity index (χ2n) is 7.56. The van der Waals surface area contributed by atoms with Gasteiger partial charge in [0.1, 0.15) is 5.82 Å². The van der Waals surface area contributed by atoms with Crippen molar-refractivity contribution in [3.63, 3.8) is 0 Å². The zero-order chi connectivity index (χ0) is 22.3. The predicted molar refractivity (Wildman–Crippen MR) is 134 cm³/mol. The number of guanidine groups is 1. The molecule has 0 aliphatic carbocycles. The highest BCUT2D eigenvalue weighted by Gasteiger charge is 2.24. The minimum atomic E-state index is -3.72. The Bertz CT molecular complexity index is 1020. The Labute approximate surface area is 206 Å². The van der Waals surface area contributed by atoms with E-state index in [9.17, 15) is 12.8 Å². The molecule has 0 amide bonds. The molecule has 1 unspecified atom stereocenters. The van der Waals surface area contributed by atoms with Gasteiger partial charge in [-0.25, -0.2) is 17.5 Å². The Balaban J connectivity index is 0.00000363. The maximum absolute atomic E-state index is 13.3. The molecule has 10 heteroatoms. The van der Waals surface area contributed by atoms with Gasteiger partial charge in [0.05, 0.1) is 11.5 Å². The number of methoxy groups -OCH3 is 1. The third-order valence-electron chi connectivity index (χ3n) is 5.21. The van der Waals surface area contributed by atoms with E-state index in [1.165, 1.54) is 12.1 Å². The van der Waals surface area contributed by atoms with Crippen molar-refractivity contribution in [1.82, 2.24) is 14.9 Å². The van der Waals surface area contributed by atoms with E-state index < -0.39 is 15.8 Å². The van der Waals surface area contributed by atoms with Crippen LogP contribution in [0.3, 0.4) is 0 Å². The predicted octanol–water partition coefficient (Wildman–Crippen LogP) is 2.97. The van der Waals surface area contributed by atoms with Gasteiger partial charge >= 0.3 is 0 Å². The SMILES string of the molecule is CN=C(NCc1cccc(S(=O)(=O)NCc2cccc(F)c2)c1)N1CCC(COC)C1.I. The van der Waals surface area contributed by atoms with Crippen molar-refractivity contribution < 1.29 is 17.5 Å². The Morgan fingerprint density at radius 1 is 1.19 bits per heavy atom. The third-order valence-corrected chi connectivity index (χ3v) is 6.61. The third kappa shape index (κ3) is 7.39. The standard InChI is InChI=1S/C22H29FN4O3S.HI/c1-24-22(27-10-9-19(15-27)16-30-2)25-13-18-6-4-8-21(12-18)31(28,29)26-14-17-5-3-7-20(23)11-17;/h3-8,11-12,19,26H,9-10,13-16H2,1-2H3,(H,24,25);1H. The molecule has 1 saturated heterocycles. The van der Waals surface area contributed by atoms with Crippen molar-refractivity contribution in [3.05, 3.63) is 65.5 Å². The van der Waals surface area contributed by atoms with Gasteiger partial charge in [0.2, 0.25) is 10.0 Å². The molecule has 2 aromatic rings. The van der Waals surface area contributed by atoms with Crippen LogP contribution in [0.2, 0.25) is 0 Å². The van der Waals surface area contributed by atoms with E-state index in [0.29, 0.717) is 18.0 Å². The van der Waals surface area contributed by atoms with Crippen molar-refractivity contribution >= 4 is 40.0 Å². The molecule has 2 N–H and O–H groups in total. The minimum Gasteiger partial charge on any atom is -0.384 e. The van der Waals surface area contributed by atoms with Gasteiger partial charge in [0.15, 0.2) is 5.96 Å². The molecule has 0 radical (unpaired) electrons. The van der Waals surface area contributed by atoms with Gasteiger partial charge in [-0.05, 0) is 41.8 Å². The summed E-state index contributed by atoms with van der Waals surface area (Å²) in [5, 5.41) is 3.31. The highest BCUT2D eigenvalue weighted by atomic mass is 127. The lowest BCUT2D eigenvalue weighted by Gasteiger charge is -2.21. The average molecular weight is 576 g/mol. The van der Waals surface area contributed by atoms with Crippen LogP contribution in [0.4, 0.5) is 4.39 Å². The smallest absolute Gasteiger partial charge is 0.240 e. The summed E-state index contributed by atoms with van der Waals surface area (Å²) >= 11 is 0. The highest BCUT2D eigenvalue weighted by Crippen LogP contribution is 2.17. The van der Waals surface area contributed by atoms with E-state index in [4.69, 9.17) is 4.74 Å². The van der Waals surface area contributed by atoms with Crippen LogP contribution in [0.1, 0.15) is 17.5 Å². The topological polar surface area (TPSA) is 83.0 Å². The van der Waals surface area contributed by atoms with Gasteiger partial charge in [-0.1, -0.05) is 24.3 Å². The first-order valence-electron chi connectivity index (χ1n) is 10.2. The number of ether oxygens (including phenoxy) is 1. The van der Waals surface area contributed by atoms with Gasteiger partial charge in [0, 0.05) is 46.3 Å². The van der Waals surface area contributed by atoms with E-state index in [0.717, 1.165) is 37.6 Å². The quantitative estimate of drug-likeness (QED) is 0.287. The number of benzene rings is 2. The maximum Gasteiger partial charge on any atom is 0.240 e. The molecule has 0 spiro atoms. The molecule has 1 fully saturated rings. The van der Waals surface area contributed by atoms with Crippen LogP contribution in [-0.4, -0.2) is 53.1 Å². The fraction of sp³-hybridized carbons (Fsp3) is 0.409. The number of nitrogens with zero attached hydrogens (tertiary/aromatic N) is 2. The number of aliphatic imine (C=N–C) groups is 1. The van der Waals surface area contributed by atoms with Crippen LogP contribution in [0, 0.1) is 11.7 Å². The zero-order valence-electron chi connectivity index (χ0n) is 18.3. The molecule has 3 rings (SSSR count). The fourth-order valence-electron chi connectivity index (χ4n) is 3.64. The molecular formula is C22H30FIN4O3S. The molecule has 1 atom stereocenters. The first-order valence-corrected chi connectivity index (χ1v) is 11.7. The van der Waals surface area contributed by atoms with Crippen LogP contribution < -0.4 is 10.0 Å². The lowest BCUT2D eigenvalue weighted by atomic mass is 10.1. The Kier molecular flexibility index (Phi) is 10.3. The van der Waals surface area contributed by atoms with E-state index in [-0.39, 0.29) is 35.4 Å². The van der Waals surface area contributed by atoms with Gasteiger partial charge < -0.3 is 15.0 Å². The molecule has 1 aliphatic heterocycles. The van der Waals surface area contributed by atoms with E-state index in [2.05, 4.69) is 19.9 Å². The average Bonchev–Trinajstić information content (AvgIpc) is 3.22. The monoisotopic (exact) mass is 576 g/mol. The van der Waals surface area contributed by atoms with Crippen LogP contribution >= 0.6 is 24.0 Å². The molecule has 1 heterocycles. The summed E-state index contributed by atoms with van der Waals surface area (Å²) < 4.78 is 46.4. The Hall–Kier alpha value is -1.76. The van der Waals surface area contributed by atoms with Gasteiger partial charge in [-0.3, -0.25) is 4.99 Å². The summed E-state index contributed by atoms with van der Waals surface area (Å²) in [5.74, 6) is 0.877. The number of sulfonamides is 1. The Morgan fingerprint density at radius 2 is 1.91 bits per heavy atom. The van der Waals surface area contributed by atoms with Gasteiger partial charge in [-0.15, -0.1) is 24.0 Å². The number of hydrogen-bond acceptors (Lipinski definition) is 4. The highest BCUT2D eigenvalue weighted by molar-refractivity contribution is 14.0. The summed E-state index contributed by atoms with van der Waals surface area (Å²) in [4.78, 5) is 6.70. The van der Waals surface area contributed by atoms with E-state index in [1.807, 2.05) is 6.07 Å². The molecule has 7 nitrogen and oxygen atoms in total. The number of halogens is 2. The van der Waals surface area contributed by atoms with Crippen molar-refractivity contribution in [2.75, 3.05) is 33.9 Å². The molecule has 2 aromatic carbocycles. The summed E-state index contributed by atoms with van der Waals surface area (Å²) in [5.41, 5.74) is 1.38. The molecule has 0 saturated carbocycles. The lowest BCUT2D eigenvalue weighted by Crippen LogP contribution is -2.39. The lowest BCUT2D eigenvalue weighted by molar-refractivity contribution is 0.157. The first kappa shape index (κ1) is 26.5. The second-order valence-corrected chi connectivity index (χ2v) is 9.33. The molecule has 32 heavy (non-hydrogen) atoms. The summed E-state index contributed by atoms with van der Waals surface area (Å²) in [7, 11) is -0.271. The van der Waals surface area contributed by atoms with E-state index in [1.54, 1.807) is 44.5 Å². The normalized spacial score (nSPS) is 16.7. The zero-order valence-corrected chi connectivity index (χ0v) is 21.4. The molecule has 176 valence electrons. The summed E-state index contributed by atoms with van der Waals surface area (Å²) in [6.45, 7) is 2.99. The number of rotatable bonds is 8. The van der Waals surface area contributed by atoms with Crippen molar-refractivity contribution in [2.24, 2.45) is 10.9 Å². The molecule has 0 aromatic heterocycles. The molecular weight excluding hydrogens is 546 g/mol. The fourth-order valence-corrected chi connectivity index (χ4v) is 4.73. The van der Waals surface area contributed by atoms with Crippen molar-refractivity contribution in [1.29, 1.82) is 0 Å². The van der Waals surface area contributed by atoms with E-state index >= 15 is 0 Å². The maximum atomic E-state index is 13.3. The number of hydrogen-bond donors (Lipinski definition) is 2. The number of nitrogens with one attached hydrogen (secondary N) is 2. The Morgan fingerprint density at radius 3 is 2.59 bits per heavy atom.